The van der Waals surface area contributed by atoms with Crippen LogP contribution in [0.3, 0.4) is 0 Å². The molecule has 0 amide bonds. The van der Waals surface area contributed by atoms with Crippen molar-refractivity contribution in [3.05, 3.63) is 24.0 Å². The van der Waals surface area contributed by atoms with Gasteiger partial charge in [0, 0.05) is 5.92 Å². The lowest BCUT2D eigenvalue weighted by molar-refractivity contribution is -0.341. The first-order chi connectivity index (χ1) is 16.7. The molecule has 1 aliphatic carbocycles. The molecular weight excluding hydrogens is 476 g/mol. The summed E-state index contributed by atoms with van der Waals surface area (Å²) < 4.78 is 27.9. The Morgan fingerprint density at radius 2 is 1.23 bits per heavy atom. The normalized spacial score (nSPS) is 49.9. The number of hydrogen-bond donors (Lipinski definition) is 9. The Morgan fingerprint density at radius 3 is 1.74 bits per heavy atom. The van der Waals surface area contributed by atoms with Crippen LogP contribution in [0.4, 0.5) is 0 Å². The molecule has 35 heavy (non-hydrogen) atoms. The topological polar surface area (TPSA) is 228 Å². The molecule has 9 N–H and O–H groups in total. The first kappa shape index (κ1) is 26.8. The van der Waals surface area contributed by atoms with Gasteiger partial charge < -0.3 is 69.6 Å². The van der Waals surface area contributed by atoms with Crippen molar-refractivity contribution in [2.24, 2.45) is 11.8 Å². The maximum atomic E-state index is 10.3. The van der Waals surface area contributed by atoms with Crippen molar-refractivity contribution in [3.8, 4) is 0 Å². The van der Waals surface area contributed by atoms with Gasteiger partial charge in [-0.05, 0) is 11.6 Å². The second-order valence-corrected chi connectivity index (χ2v) is 8.97. The number of hydrogen-bond acceptors (Lipinski definition) is 14. The summed E-state index contributed by atoms with van der Waals surface area (Å²) in [5.74, 6) is -1.21. The van der Waals surface area contributed by atoms with E-state index in [0.717, 1.165) is 0 Å². The Bertz CT molecular complexity index is 773. The minimum Gasteiger partial charge on any atom is -0.472 e. The molecule has 0 spiro atoms. The van der Waals surface area contributed by atoms with Crippen molar-refractivity contribution in [2.45, 2.75) is 73.8 Å². The number of fused-ring (bicyclic) bond motifs is 1. The molecule has 3 heterocycles. The average molecular weight is 508 g/mol. The van der Waals surface area contributed by atoms with E-state index < -0.39 is 105 Å². The molecule has 2 fully saturated rings. The van der Waals surface area contributed by atoms with Crippen molar-refractivity contribution in [2.75, 3.05) is 19.8 Å². The average Bonchev–Trinajstić information content (AvgIpc) is 3.23. The first-order valence-corrected chi connectivity index (χ1v) is 11.3. The second-order valence-electron chi connectivity index (χ2n) is 8.97. The SMILES string of the molecule is OCC1=C[C@@H](O[C@H]2O[C@H](CO)[C@@H](O)[C@H](O)[C@H]2O)[C@@H]2C=CO[C@@H](O[C@@H]3O[C@H](CO)[C@@H](O)[C@H](O)[C@H]3O)[C@H]12. The van der Waals surface area contributed by atoms with Crippen LogP contribution in [-0.2, 0) is 23.7 Å². The highest BCUT2D eigenvalue weighted by Crippen LogP contribution is 2.43. The maximum Gasteiger partial charge on any atom is 0.209 e. The van der Waals surface area contributed by atoms with E-state index in [-0.39, 0.29) is 0 Å². The summed E-state index contributed by atoms with van der Waals surface area (Å²) in [6.45, 7) is -1.69. The molecule has 0 unspecified atom stereocenters. The molecular formula is C21H32O14. The van der Waals surface area contributed by atoms with Gasteiger partial charge in [0.15, 0.2) is 12.6 Å². The summed E-state index contributed by atoms with van der Waals surface area (Å²) in [6.07, 6.45) is -12.4. The zero-order valence-corrected chi connectivity index (χ0v) is 18.5. The van der Waals surface area contributed by atoms with Crippen molar-refractivity contribution in [1.29, 1.82) is 0 Å². The molecule has 0 radical (unpaired) electrons. The molecule has 0 aromatic carbocycles. The highest BCUT2D eigenvalue weighted by Gasteiger charge is 2.51. The van der Waals surface area contributed by atoms with Crippen molar-refractivity contribution < 1.29 is 69.6 Å². The Kier molecular flexibility index (Phi) is 8.44. The number of aliphatic hydroxyl groups excluding tert-OH is 9. The Balaban J connectivity index is 1.48. The van der Waals surface area contributed by atoms with Gasteiger partial charge in [-0.1, -0.05) is 6.08 Å². The van der Waals surface area contributed by atoms with Crippen molar-refractivity contribution >= 4 is 0 Å². The summed E-state index contributed by atoms with van der Waals surface area (Å²) in [7, 11) is 0. The zero-order chi connectivity index (χ0) is 25.4. The molecule has 14 nitrogen and oxygen atoms in total. The van der Waals surface area contributed by atoms with E-state index in [1.807, 2.05) is 0 Å². The third-order valence-corrected chi connectivity index (χ3v) is 6.85. The van der Waals surface area contributed by atoms with Gasteiger partial charge in [-0.15, -0.1) is 0 Å². The zero-order valence-electron chi connectivity index (χ0n) is 18.5. The van der Waals surface area contributed by atoms with Crippen LogP contribution in [0, 0.1) is 11.8 Å². The van der Waals surface area contributed by atoms with Gasteiger partial charge in [-0.3, -0.25) is 0 Å². The molecule has 0 aromatic rings. The number of rotatable bonds is 7. The van der Waals surface area contributed by atoms with Gasteiger partial charge in [0.25, 0.3) is 0 Å². The monoisotopic (exact) mass is 508 g/mol. The van der Waals surface area contributed by atoms with E-state index in [2.05, 4.69) is 0 Å². The van der Waals surface area contributed by atoms with Crippen molar-refractivity contribution in [1.82, 2.24) is 0 Å². The summed E-state index contributed by atoms with van der Waals surface area (Å²) in [4.78, 5) is 0. The summed E-state index contributed by atoms with van der Waals surface area (Å²) in [6, 6.07) is 0. The molecule has 4 rings (SSSR count). The van der Waals surface area contributed by atoms with Crippen LogP contribution in [0.15, 0.2) is 24.0 Å². The number of aliphatic hydroxyl groups is 9. The molecule has 14 heteroatoms. The van der Waals surface area contributed by atoms with Crippen LogP contribution in [0.1, 0.15) is 0 Å². The first-order valence-electron chi connectivity index (χ1n) is 11.3. The van der Waals surface area contributed by atoms with Crippen LogP contribution in [0.5, 0.6) is 0 Å². The van der Waals surface area contributed by atoms with Crippen LogP contribution >= 0.6 is 0 Å². The lowest BCUT2D eigenvalue weighted by Crippen LogP contribution is -2.60. The van der Waals surface area contributed by atoms with Crippen LogP contribution in [-0.4, -0.2) is 140 Å². The fourth-order valence-electron chi connectivity index (χ4n) is 4.82. The number of ether oxygens (including phenoxy) is 5. The van der Waals surface area contributed by atoms with Gasteiger partial charge in [0.2, 0.25) is 6.29 Å². The van der Waals surface area contributed by atoms with E-state index in [1.165, 1.54) is 6.26 Å². The van der Waals surface area contributed by atoms with Gasteiger partial charge in [0.05, 0.1) is 38.1 Å². The second kappa shape index (κ2) is 11.0. The summed E-state index contributed by atoms with van der Waals surface area (Å²) in [5.41, 5.74) is 0.420. The summed E-state index contributed by atoms with van der Waals surface area (Å²) in [5, 5.41) is 89.3. The highest BCUT2D eigenvalue weighted by molar-refractivity contribution is 5.26. The minimum atomic E-state index is -1.66. The third-order valence-electron chi connectivity index (χ3n) is 6.85. The molecule has 0 saturated carbocycles. The molecule has 0 aromatic heterocycles. The van der Waals surface area contributed by atoms with Crippen LogP contribution < -0.4 is 0 Å². The molecule has 3 aliphatic heterocycles. The van der Waals surface area contributed by atoms with E-state index in [4.69, 9.17) is 23.7 Å². The Labute approximate surface area is 199 Å². The lowest BCUT2D eigenvalue weighted by atomic mass is 9.88. The molecule has 0 bridgehead atoms. The molecule has 2 saturated heterocycles. The van der Waals surface area contributed by atoms with E-state index in [1.54, 1.807) is 12.2 Å². The predicted molar refractivity (Wildman–Crippen MR) is 110 cm³/mol. The summed E-state index contributed by atoms with van der Waals surface area (Å²) >= 11 is 0. The lowest BCUT2D eigenvalue weighted by Gasteiger charge is -2.43. The van der Waals surface area contributed by atoms with Gasteiger partial charge >= 0.3 is 0 Å². The fraction of sp³-hybridized carbons (Fsp3) is 0.810. The van der Waals surface area contributed by atoms with Gasteiger partial charge in [0.1, 0.15) is 48.8 Å². The van der Waals surface area contributed by atoms with Crippen LogP contribution in [0.25, 0.3) is 0 Å². The van der Waals surface area contributed by atoms with E-state index >= 15 is 0 Å². The quantitative estimate of drug-likeness (QED) is 0.147. The molecule has 200 valence electrons. The smallest absolute Gasteiger partial charge is 0.209 e. The van der Waals surface area contributed by atoms with Crippen LogP contribution in [0.2, 0.25) is 0 Å². The Hall–Kier alpha value is -1.24. The predicted octanol–water partition coefficient (Wildman–Crippen LogP) is -4.98. The third kappa shape index (κ3) is 5.00. The van der Waals surface area contributed by atoms with E-state index in [9.17, 15) is 46.0 Å². The van der Waals surface area contributed by atoms with E-state index in [0.29, 0.717) is 5.57 Å². The maximum absolute atomic E-state index is 10.3. The largest absolute Gasteiger partial charge is 0.472 e. The highest BCUT2D eigenvalue weighted by atomic mass is 16.8. The Morgan fingerprint density at radius 1 is 0.686 bits per heavy atom. The fourth-order valence-corrected chi connectivity index (χ4v) is 4.82. The standard InChI is InChI=1S/C21H32O14/c22-4-7-3-9(32-20-17(29)15(27)13(25)10(5-23)33-20)8-1-2-31-19(12(7)8)35-21-18(30)16(28)14(26)11(6-24)34-21/h1-3,8-30H,4-6H2/t8-,9+,10+,11+,12+,13+,14+,15-,16-,17+,18+,19-,20-,21-/m0/s1. The van der Waals surface area contributed by atoms with Gasteiger partial charge in [-0.25, -0.2) is 0 Å². The minimum absolute atomic E-state index is 0.420. The van der Waals surface area contributed by atoms with Crippen molar-refractivity contribution in [3.63, 3.8) is 0 Å². The van der Waals surface area contributed by atoms with Gasteiger partial charge in [-0.2, -0.15) is 0 Å². The molecule has 14 atom stereocenters. The molecule has 4 aliphatic rings.